The van der Waals surface area contributed by atoms with Crippen LogP contribution in [-0.2, 0) is 4.79 Å². The highest BCUT2D eigenvalue weighted by atomic mass is 35.5. The Labute approximate surface area is 142 Å². The Morgan fingerprint density at radius 2 is 1.96 bits per heavy atom. The van der Waals surface area contributed by atoms with Gasteiger partial charge in [-0.15, -0.1) is 0 Å². The van der Waals surface area contributed by atoms with E-state index in [1.165, 1.54) is 0 Å². The van der Waals surface area contributed by atoms with E-state index in [1.54, 1.807) is 12.1 Å². The summed E-state index contributed by atoms with van der Waals surface area (Å²) >= 11 is 5.83. The van der Waals surface area contributed by atoms with Crippen molar-refractivity contribution in [3.8, 4) is 5.75 Å². The lowest BCUT2D eigenvalue weighted by atomic mass is 10.2. The van der Waals surface area contributed by atoms with E-state index < -0.39 is 0 Å². The number of ether oxygens (including phenoxy) is 1. The van der Waals surface area contributed by atoms with E-state index in [2.05, 4.69) is 5.32 Å². The van der Waals surface area contributed by atoms with E-state index in [4.69, 9.17) is 16.3 Å². The zero-order chi connectivity index (χ0) is 16.7. The van der Waals surface area contributed by atoms with E-state index in [9.17, 15) is 4.79 Å². The molecule has 2 N–H and O–H groups in total. The Balaban J connectivity index is 1.70. The second-order valence-electron chi connectivity index (χ2n) is 5.60. The van der Waals surface area contributed by atoms with Crippen molar-refractivity contribution < 1.29 is 14.4 Å². The fourth-order valence-corrected chi connectivity index (χ4v) is 2.29. The van der Waals surface area contributed by atoms with Crippen LogP contribution in [0.2, 0.25) is 5.02 Å². The van der Waals surface area contributed by atoms with Crippen molar-refractivity contribution in [2.45, 2.75) is 6.92 Å². The molecule has 5 heteroatoms. The maximum Gasteiger partial charge on any atom is 0.279 e. The van der Waals surface area contributed by atoms with E-state index in [-0.39, 0.29) is 5.91 Å². The van der Waals surface area contributed by atoms with Gasteiger partial charge in [0.15, 0.2) is 6.54 Å². The molecule has 0 aliphatic heterocycles. The van der Waals surface area contributed by atoms with Crippen molar-refractivity contribution in [2.24, 2.45) is 0 Å². The third kappa shape index (κ3) is 6.30. The first kappa shape index (κ1) is 17.3. The van der Waals surface area contributed by atoms with Gasteiger partial charge in [-0.1, -0.05) is 23.7 Å². The van der Waals surface area contributed by atoms with Gasteiger partial charge in [0.25, 0.3) is 5.91 Å². The molecule has 0 bridgehead atoms. The van der Waals surface area contributed by atoms with E-state index in [0.717, 1.165) is 28.4 Å². The van der Waals surface area contributed by atoms with E-state index >= 15 is 0 Å². The minimum Gasteiger partial charge on any atom is -0.488 e. The Kier molecular flexibility index (Phi) is 6.44. The van der Waals surface area contributed by atoms with Gasteiger partial charge in [-0.05, 0) is 48.9 Å². The maximum atomic E-state index is 12.0. The fourth-order valence-electron chi connectivity index (χ4n) is 2.16. The molecule has 0 radical (unpaired) electrons. The fraction of sp³-hybridized carbons (Fsp3) is 0.278. The van der Waals surface area contributed by atoms with Crippen LogP contribution in [0.15, 0.2) is 48.5 Å². The summed E-state index contributed by atoms with van der Waals surface area (Å²) in [6.07, 6.45) is 0. The molecule has 2 aromatic rings. The Hall–Kier alpha value is -2.04. The number of anilines is 1. The summed E-state index contributed by atoms with van der Waals surface area (Å²) in [6, 6.07) is 15.0. The molecule has 0 aromatic heterocycles. The topological polar surface area (TPSA) is 42.8 Å². The minimum absolute atomic E-state index is 0.000377. The van der Waals surface area contributed by atoms with Crippen LogP contribution in [0.1, 0.15) is 5.56 Å². The number of quaternary nitrogens is 1. The molecule has 1 atom stereocenters. The van der Waals surface area contributed by atoms with E-state index in [0.29, 0.717) is 18.2 Å². The van der Waals surface area contributed by atoms with Crippen LogP contribution in [0, 0.1) is 6.92 Å². The van der Waals surface area contributed by atoms with Gasteiger partial charge in [-0.25, -0.2) is 0 Å². The van der Waals surface area contributed by atoms with Gasteiger partial charge in [0, 0.05) is 10.7 Å². The smallest absolute Gasteiger partial charge is 0.279 e. The number of carbonyl (C=O) groups is 1. The first-order valence-electron chi connectivity index (χ1n) is 7.59. The highest BCUT2D eigenvalue weighted by Gasteiger charge is 2.10. The van der Waals surface area contributed by atoms with Crippen molar-refractivity contribution in [3.63, 3.8) is 0 Å². The number of hydrogen-bond donors (Lipinski definition) is 2. The van der Waals surface area contributed by atoms with Gasteiger partial charge in [0.2, 0.25) is 0 Å². The number of carbonyl (C=O) groups excluding carboxylic acids is 1. The molecular weight excluding hydrogens is 312 g/mol. The van der Waals surface area contributed by atoms with Crippen molar-refractivity contribution in [2.75, 3.05) is 32.1 Å². The number of amides is 1. The van der Waals surface area contributed by atoms with Crippen molar-refractivity contribution in [3.05, 3.63) is 59.1 Å². The molecule has 23 heavy (non-hydrogen) atoms. The summed E-state index contributed by atoms with van der Waals surface area (Å²) in [6.45, 7) is 3.69. The molecule has 4 nitrogen and oxygen atoms in total. The van der Waals surface area contributed by atoms with Crippen molar-refractivity contribution in [1.29, 1.82) is 0 Å². The first-order chi connectivity index (χ1) is 11.0. The summed E-state index contributed by atoms with van der Waals surface area (Å²) in [5.41, 5.74) is 1.96. The quantitative estimate of drug-likeness (QED) is 0.815. The third-order valence-corrected chi connectivity index (χ3v) is 3.63. The summed E-state index contributed by atoms with van der Waals surface area (Å²) < 4.78 is 5.64. The van der Waals surface area contributed by atoms with Gasteiger partial charge < -0.3 is 15.0 Å². The number of benzene rings is 2. The summed E-state index contributed by atoms with van der Waals surface area (Å²) in [4.78, 5) is 13.1. The van der Waals surface area contributed by atoms with Gasteiger partial charge >= 0.3 is 0 Å². The molecule has 122 valence electrons. The number of hydrogen-bond acceptors (Lipinski definition) is 2. The number of halogens is 1. The molecule has 0 saturated heterocycles. The van der Waals surface area contributed by atoms with Gasteiger partial charge in [-0.3, -0.25) is 4.79 Å². The predicted molar refractivity (Wildman–Crippen MR) is 93.4 cm³/mol. The third-order valence-electron chi connectivity index (χ3n) is 3.38. The normalized spacial score (nSPS) is 11.8. The van der Waals surface area contributed by atoms with Crippen LogP contribution in [0.3, 0.4) is 0 Å². The van der Waals surface area contributed by atoms with Crippen LogP contribution in [0.25, 0.3) is 0 Å². The van der Waals surface area contributed by atoms with Crippen LogP contribution in [0.5, 0.6) is 5.75 Å². The Bertz CT molecular complexity index is 644. The van der Waals surface area contributed by atoms with Crippen LogP contribution in [-0.4, -0.2) is 32.7 Å². The molecule has 0 fully saturated rings. The van der Waals surface area contributed by atoms with Crippen LogP contribution in [0.4, 0.5) is 5.69 Å². The van der Waals surface area contributed by atoms with Gasteiger partial charge in [0.05, 0.1) is 7.05 Å². The number of rotatable bonds is 7. The van der Waals surface area contributed by atoms with Crippen molar-refractivity contribution in [1.82, 2.24) is 0 Å². The second kappa shape index (κ2) is 8.56. The van der Waals surface area contributed by atoms with E-state index in [1.807, 2.05) is 50.4 Å². The largest absolute Gasteiger partial charge is 0.488 e. The first-order valence-corrected chi connectivity index (χ1v) is 7.97. The molecule has 2 rings (SSSR count). The molecule has 0 saturated carbocycles. The highest BCUT2D eigenvalue weighted by molar-refractivity contribution is 6.30. The minimum atomic E-state index is -0.000377. The summed E-state index contributed by atoms with van der Waals surface area (Å²) in [7, 11) is 1.97. The molecule has 0 heterocycles. The predicted octanol–water partition coefficient (Wildman–Crippen LogP) is 2.18. The highest BCUT2D eigenvalue weighted by Crippen LogP contribution is 2.15. The lowest BCUT2D eigenvalue weighted by Crippen LogP contribution is -3.10. The van der Waals surface area contributed by atoms with Gasteiger partial charge in [0.1, 0.15) is 18.9 Å². The Morgan fingerprint density at radius 3 is 2.65 bits per heavy atom. The number of likely N-dealkylation sites (N-methyl/N-ethyl adjacent to an activating group) is 1. The average Bonchev–Trinajstić information content (AvgIpc) is 2.49. The molecule has 1 amide bonds. The standard InChI is InChI=1S/C18H21ClN2O2/c1-14-4-3-5-16(12-14)20-18(22)13-21(2)10-11-23-17-8-6-15(19)7-9-17/h3-9,12H,10-11,13H2,1-2H3,(H,20,22)/p+1. The van der Waals surface area contributed by atoms with Crippen LogP contribution < -0.4 is 15.0 Å². The molecule has 0 spiro atoms. The summed E-state index contributed by atoms with van der Waals surface area (Å²) in [5.74, 6) is 0.783. The molecule has 0 aliphatic rings. The lowest BCUT2D eigenvalue weighted by molar-refractivity contribution is -0.871. The lowest BCUT2D eigenvalue weighted by Gasteiger charge is -2.14. The molecular formula is C18H22ClN2O2+. The monoisotopic (exact) mass is 333 g/mol. The second-order valence-corrected chi connectivity index (χ2v) is 6.04. The summed E-state index contributed by atoms with van der Waals surface area (Å²) in [5, 5.41) is 3.60. The molecule has 1 unspecified atom stereocenters. The average molecular weight is 334 g/mol. The molecule has 2 aromatic carbocycles. The number of nitrogens with one attached hydrogen (secondary N) is 2. The Morgan fingerprint density at radius 1 is 1.22 bits per heavy atom. The molecule has 0 aliphatic carbocycles. The maximum absolute atomic E-state index is 12.0. The van der Waals surface area contributed by atoms with Gasteiger partial charge in [-0.2, -0.15) is 0 Å². The SMILES string of the molecule is Cc1cccc(NC(=O)C[NH+](C)CCOc2ccc(Cl)cc2)c1. The zero-order valence-corrected chi connectivity index (χ0v) is 14.2. The zero-order valence-electron chi connectivity index (χ0n) is 13.4. The van der Waals surface area contributed by atoms with Crippen LogP contribution >= 0.6 is 11.6 Å². The number of aryl methyl sites for hydroxylation is 1. The van der Waals surface area contributed by atoms with Crippen molar-refractivity contribution >= 4 is 23.2 Å².